The third-order valence-electron chi connectivity index (χ3n) is 5.85. The predicted molar refractivity (Wildman–Crippen MR) is 122 cm³/mol. The van der Waals surface area contributed by atoms with Gasteiger partial charge in [0.1, 0.15) is 0 Å². The number of likely N-dealkylation sites (tertiary alicyclic amines) is 1. The number of morpholine rings is 1. The molecule has 1 unspecified atom stereocenters. The zero-order valence-corrected chi connectivity index (χ0v) is 19.6. The molecule has 3 aliphatic heterocycles. The molecule has 0 radical (unpaired) electrons. The van der Waals surface area contributed by atoms with Gasteiger partial charge in [-0.15, -0.1) is 24.0 Å². The highest BCUT2D eigenvalue weighted by Gasteiger charge is 2.30. The van der Waals surface area contributed by atoms with E-state index in [1.54, 1.807) is 0 Å². The van der Waals surface area contributed by atoms with Crippen molar-refractivity contribution < 1.29 is 4.74 Å². The molecule has 3 fully saturated rings. The van der Waals surface area contributed by atoms with Gasteiger partial charge in [-0.3, -0.25) is 9.89 Å². The van der Waals surface area contributed by atoms with Crippen molar-refractivity contribution >= 4 is 29.9 Å². The van der Waals surface area contributed by atoms with Crippen molar-refractivity contribution in [3.8, 4) is 0 Å². The van der Waals surface area contributed by atoms with Gasteiger partial charge in [0.05, 0.1) is 19.8 Å². The smallest absolute Gasteiger partial charge is 0.194 e. The van der Waals surface area contributed by atoms with Gasteiger partial charge in [0.15, 0.2) is 5.96 Å². The van der Waals surface area contributed by atoms with E-state index in [-0.39, 0.29) is 24.0 Å². The van der Waals surface area contributed by atoms with Crippen molar-refractivity contribution in [3.05, 3.63) is 0 Å². The molecule has 7 nitrogen and oxygen atoms in total. The SMILES string of the molecule is CCNC(=NCCN1CCCN(C)CC1)N1CCC(N2CCOCC2)C1.I. The summed E-state index contributed by atoms with van der Waals surface area (Å²) in [6.07, 6.45) is 2.51. The topological polar surface area (TPSA) is 46.6 Å². The summed E-state index contributed by atoms with van der Waals surface area (Å²) in [5, 5.41) is 3.51. The monoisotopic (exact) mass is 494 g/mol. The Morgan fingerprint density at radius 2 is 1.89 bits per heavy atom. The van der Waals surface area contributed by atoms with Gasteiger partial charge in [-0.25, -0.2) is 0 Å². The van der Waals surface area contributed by atoms with Crippen molar-refractivity contribution in [1.29, 1.82) is 0 Å². The van der Waals surface area contributed by atoms with Gasteiger partial charge in [0.2, 0.25) is 0 Å². The largest absolute Gasteiger partial charge is 0.379 e. The fourth-order valence-electron chi connectivity index (χ4n) is 4.22. The summed E-state index contributed by atoms with van der Waals surface area (Å²) in [7, 11) is 2.23. The lowest BCUT2D eigenvalue weighted by atomic mass is 10.2. The van der Waals surface area contributed by atoms with Crippen molar-refractivity contribution in [2.24, 2.45) is 4.99 Å². The molecule has 1 N–H and O–H groups in total. The van der Waals surface area contributed by atoms with Crippen LogP contribution in [0.4, 0.5) is 0 Å². The molecule has 0 aliphatic carbocycles. The molecule has 0 aromatic rings. The van der Waals surface area contributed by atoms with E-state index in [4.69, 9.17) is 9.73 Å². The second-order valence-corrected chi connectivity index (χ2v) is 7.77. The van der Waals surface area contributed by atoms with Gasteiger partial charge < -0.3 is 24.8 Å². The van der Waals surface area contributed by atoms with Crippen molar-refractivity contribution in [2.75, 3.05) is 92.3 Å². The molecule has 0 bridgehead atoms. The van der Waals surface area contributed by atoms with E-state index < -0.39 is 0 Å². The molecule has 27 heavy (non-hydrogen) atoms. The summed E-state index contributed by atoms with van der Waals surface area (Å²) < 4.78 is 5.50. The normalized spacial score (nSPS) is 26.7. The fourth-order valence-corrected chi connectivity index (χ4v) is 4.22. The average Bonchev–Trinajstić information content (AvgIpc) is 3.06. The van der Waals surface area contributed by atoms with Crippen molar-refractivity contribution in [2.45, 2.75) is 25.8 Å². The lowest BCUT2D eigenvalue weighted by Crippen LogP contribution is -2.46. The summed E-state index contributed by atoms with van der Waals surface area (Å²) in [5.74, 6) is 1.11. The number of nitrogens with one attached hydrogen (secondary N) is 1. The Labute approximate surface area is 182 Å². The molecule has 3 rings (SSSR count). The van der Waals surface area contributed by atoms with Crippen LogP contribution in [-0.2, 0) is 4.74 Å². The zero-order valence-electron chi connectivity index (χ0n) is 17.2. The van der Waals surface area contributed by atoms with E-state index in [0.29, 0.717) is 6.04 Å². The van der Waals surface area contributed by atoms with Gasteiger partial charge in [-0.05, 0) is 39.9 Å². The first kappa shape index (κ1) is 23.1. The van der Waals surface area contributed by atoms with Crippen LogP contribution in [0.5, 0.6) is 0 Å². The Morgan fingerprint density at radius 1 is 1.07 bits per heavy atom. The lowest BCUT2D eigenvalue weighted by Gasteiger charge is -2.32. The highest BCUT2D eigenvalue weighted by molar-refractivity contribution is 14.0. The molecular weight excluding hydrogens is 455 g/mol. The Bertz CT molecular complexity index is 446. The summed E-state index contributed by atoms with van der Waals surface area (Å²) in [5.41, 5.74) is 0. The number of ether oxygens (including phenoxy) is 1. The summed E-state index contributed by atoms with van der Waals surface area (Å²) >= 11 is 0. The minimum atomic E-state index is 0. The summed E-state index contributed by atoms with van der Waals surface area (Å²) in [4.78, 5) is 15.0. The maximum Gasteiger partial charge on any atom is 0.194 e. The van der Waals surface area contributed by atoms with Crippen molar-refractivity contribution in [1.82, 2.24) is 24.9 Å². The molecule has 1 atom stereocenters. The van der Waals surface area contributed by atoms with Gasteiger partial charge in [-0.1, -0.05) is 0 Å². The number of rotatable bonds is 5. The van der Waals surface area contributed by atoms with E-state index in [2.05, 4.69) is 38.9 Å². The number of hydrogen-bond acceptors (Lipinski definition) is 5. The number of guanidine groups is 1. The highest BCUT2D eigenvalue weighted by atomic mass is 127. The minimum absolute atomic E-state index is 0. The van der Waals surface area contributed by atoms with Gasteiger partial charge in [0, 0.05) is 58.4 Å². The van der Waals surface area contributed by atoms with Crippen LogP contribution in [0.1, 0.15) is 19.8 Å². The molecule has 0 aromatic carbocycles. The molecule has 3 aliphatic rings. The van der Waals surface area contributed by atoms with E-state index in [1.165, 1.54) is 39.0 Å². The third kappa shape index (κ3) is 7.30. The van der Waals surface area contributed by atoms with Crippen molar-refractivity contribution in [3.63, 3.8) is 0 Å². The summed E-state index contributed by atoms with van der Waals surface area (Å²) in [6, 6.07) is 0.656. The zero-order chi connectivity index (χ0) is 18.2. The number of halogens is 1. The van der Waals surface area contributed by atoms with Crippen LogP contribution in [0.15, 0.2) is 4.99 Å². The maximum atomic E-state index is 5.50. The molecule has 3 heterocycles. The number of aliphatic imine (C=N–C) groups is 1. The molecule has 3 saturated heterocycles. The third-order valence-corrected chi connectivity index (χ3v) is 5.85. The first-order valence-electron chi connectivity index (χ1n) is 10.5. The maximum absolute atomic E-state index is 5.50. The van der Waals surface area contributed by atoms with Crippen LogP contribution >= 0.6 is 24.0 Å². The van der Waals surface area contributed by atoms with E-state index in [9.17, 15) is 0 Å². The first-order valence-corrected chi connectivity index (χ1v) is 10.5. The van der Waals surface area contributed by atoms with E-state index >= 15 is 0 Å². The van der Waals surface area contributed by atoms with Gasteiger partial charge in [-0.2, -0.15) is 0 Å². The van der Waals surface area contributed by atoms with Gasteiger partial charge >= 0.3 is 0 Å². The Hall–Kier alpha value is -0.160. The molecular formula is C19H39IN6O. The van der Waals surface area contributed by atoms with E-state index in [1.807, 2.05) is 0 Å². The van der Waals surface area contributed by atoms with Crippen LogP contribution in [0.2, 0.25) is 0 Å². The van der Waals surface area contributed by atoms with Crippen LogP contribution in [-0.4, -0.2) is 124 Å². The highest BCUT2D eigenvalue weighted by Crippen LogP contribution is 2.17. The number of likely N-dealkylation sites (N-methyl/N-ethyl adjacent to an activating group) is 1. The second-order valence-electron chi connectivity index (χ2n) is 7.77. The Balaban J connectivity index is 0.00000261. The Kier molecular flexibility index (Phi) is 10.6. The molecule has 158 valence electrons. The summed E-state index contributed by atoms with van der Waals surface area (Å²) in [6.45, 7) is 16.0. The van der Waals surface area contributed by atoms with Crippen LogP contribution < -0.4 is 5.32 Å². The van der Waals surface area contributed by atoms with E-state index in [0.717, 1.165) is 65.0 Å². The quantitative estimate of drug-likeness (QED) is 0.344. The van der Waals surface area contributed by atoms with Crippen LogP contribution in [0.25, 0.3) is 0 Å². The van der Waals surface area contributed by atoms with Crippen LogP contribution in [0.3, 0.4) is 0 Å². The molecule has 0 spiro atoms. The molecule has 0 aromatic heterocycles. The number of nitrogens with zero attached hydrogens (tertiary/aromatic N) is 5. The predicted octanol–water partition coefficient (Wildman–Crippen LogP) is 0.614. The number of hydrogen-bond donors (Lipinski definition) is 1. The molecule has 8 heteroatoms. The Morgan fingerprint density at radius 3 is 2.67 bits per heavy atom. The fraction of sp³-hybridized carbons (Fsp3) is 0.947. The van der Waals surface area contributed by atoms with Crippen LogP contribution in [0, 0.1) is 0 Å². The molecule has 0 saturated carbocycles. The van der Waals surface area contributed by atoms with Gasteiger partial charge in [0.25, 0.3) is 0 Å². The lowest BCUT2D eigenvalue weighted by molar-refractivity contribution is 0.0195. The standard InChI is InChI=1S/C19H38N6O.HI/c1-3-20-19(21-6-10-23-8-4-7-22(2)11-12-23)25-9-5-18(17-25)24-13-15-26-16-14-24;/h18H,3-17H2,1-2H3,(H,20,21);1H. The first-order chi connectivity index (χ1) is 12.8. The minimum Gasteiger partial charge on any atom is -0.379 e. The molecule has 0 amide bonds. The second kappa shape index (κ2) is 12.4. The average molecular weight is 494 g/mol.